The van der Waals surface area contributed by atoms with Gasteiger partial charge in [-0.2, -0.15) is 0 Å². The molecule has 1 fully saturated rings. The highest BCUT2D eigenvalue weighted by atomic mass is 16.2. The summed E-state index contributed by atoms with van der Waals surface area (Å²) in [5.74, 6) is 0.542. The van der Waals surface area contributed by atoms with Gasteiger partial charge in [-0.05, 0) is 25.0 Å². The van der Waals surface area contributed by atoms with E-state index >= 15 is 0 Å². The second-order valence-corrected chi connectivity index (χ2v) is 5.04. The maximum atomic E-state index is 12.2. The smallest absolute Gasteiger partial charge is 0.269 e. The van der Waals surface area contributed by atoms with Crippen LogP contribution in [0.2, 0.25) is 0 Å². The molecule has 1 atom stereocenters. The summed E-state index contributed by atoms with van der Waals surface area (Å²) in [5.41, 5.74) is 0.368. The summed E-state index contributed by atoms with van der Waals surface area (Å²) >= 11 is 0. The minimum atomic E-state index is -0.221. The van der Waals surface area contributed by atoms with E-state index in [1.165, 1.54) is 0 Å². The van der Waals surface area contributed by atoms with Crippen LogP contribution in [0.1, 0.15) is 23.3 Å². The lowest BCUT2D eigenvalue weighted by Crippen LogP contribution is -2.43. The summed E-state index contributed by atoms with van der Waals surface area (Å²) < 4.78 is 0. The lowest BCUT2D eigenvalue weighted by atomic mass is 10.2. The molecule has 1 aromatic heterocycles. The maximum absolute atomic E-state index is 12.2. The molecule has 0 bridgehead atoms. The zero-order chi connectivity index (χ0) is 14.7. The van der Waals surface area contributed by atoms with Crippen LogP contribution in [-0.2, 0) is 4.79 Å². The van der Waals surface area contributed by atoms with E-state index in [1.807, 2.05) is 11.0 Å². The van der Waals surface area contributed by atoms with Gasteiger partial charge in [0.15, 0.2) is 0 Å². The van der Waals surface area contributed by atoms with Crippen molar-refractivity contribution in [2.24, 2.45) is 0 Å². The van der Waals surface area contributed by atoms with Crippen molar-refractivity contribution in [3.05, 3.63) is 23.9 Å². The number of hydrogen-bond acceptors (Lipinski definition) is 4. The lowest BCUT2D eigenvalue weighted by molar-refractivity contribution is -0.129. The number of hydrogen-bond donors (Lipinski definition) is 1. The third-order valence-corrected chi connectivity index (χ3v) is 3.47. The van der Waals surface area contributed by atoms with Gasteiger partial charge in [0.05, 0.1) is 0 Å². The molecule has 0 spiro atoms. The Balaban J connectivity index is 2.26. The van der Waals surface area contributed by atoms with E-state index in [0.717, 1.165) is 19.4 Å². The van der Waals surface area contributed by atoms with Crippen LogP contribution in [0.25, 0.3) is 0 Å². The van der Waals surface area contributed by atoms with Crippen molar-refractivity contribution in [1.29, 1.82) is 0 Å². The predicted octanol–water partition coefficient (Wildman–Crippen LogP) is 0.498. The number of carbonyl (C=O) groups excluding carboxylic acids is 2. The number of likely N-dealkylation sites (N-methyl/N-ethyl adjacent to an activating group) is 1. The first-order valence-electron chi connectivity index (χ1n) is 6.71. The molecule has 20 heavy (non-hydrogen) atoms. The molecule has 2 heterocycles. The highest BCUT2D eigenvalue weighted by molar-refractivity contribution is 5.92. The number of amides is 2. The van der Waals surface area contributed by atoms with Crippen molar-refractivity contribution in [3.8, 4) is 0 Å². The number of anilines is 1. The molecule has 1 aliphatic heterocycles. The van der Waals surface area contributed by atoms with Crippen LogP contribution in [-0.4, -0.2) is 55.4 Å². The zero-order valence-corrected chi connectivity index (χ0v) is 12.1. The minimum absolute atomic E-state index is 0.0784. The Kier molecular flexibility index (Phi) is 4.22. The molecule has 6 heteroatoms. The molecule has 0 aromatic carbocycles. The number of aromatic nitrogens is 1. The van der Waals surface area contributed by atoms with Gasteiger partial charge < -0.3 is 15.1 Å². The Hall–Kier alpha value is -2.11. The Morgan fingerprint density at radius 2 is 2.15 bits per heavy atom. The second kappa shape index (κ2) is 5.90. The fourth-order valence-corrected chi connectivity index (χ4v) is 2.43. The average molecular weight is 276 g/mol. The molecule has 108 valence electrons. The van der Waals surface area contributed by atoms with Crippen LogP contribution in [0.3, 0.4) is 0 Å². The van der Waals surface area contributed by atoms with Gasteiger partial charge in [-0.15, -0.1) is 0 Å². The number of rotatable bonds is 3. The number of pyridine rings is 1. The van der Waals surface area contributed by atoms with Crippen LogP contribution < -0.4 is 10.2 Å². The quantitative estimate of drug-likeness (QED) is 0.873. The van der Waals surface area contributed by atoms with Gasteiger partial charge in [-0.3, -0.25) is 9.59 Å². The Bertz CT molecular complexity index is 516. The first-order chi connectivity index (χ1) is 9.54. The lowest BCUT2D eigenvalue weighted by Gasteiger charge is -2.27. The number of nitrogens with one attached hydrogen (secondary N) is 1. The van der Waals surface area contributed by atoms with Gasteiger partial charge in [-0.25, -0.2) is 4.98 Å². The van der Waals surface area contributed by atoms with Crippen LogP contribution >= 0.6 is 0 Å². The molecule has 0 aliphatic carbocycles. The second-order valence-electron chi connectivity index (χ2n) is 5.04. The molecule has 1 unspecified atom stereocenters. The molecule has 1 saturated heterocycles. The molecule has 6 nitrogen and oxygen atoms in total. The van der Waals surface area contributed by atoms with Gasteiger partial charge in [0.2, 0.25) is 5.91 Å². The molecule has 1 aliphatic rings. The van der Waals surface area contributed by atoms with Crippen LogP contribution in [0.5, 0.6) is 0 Å². The highest BCUT2D eigenvalue weighted by Gasteiger charge is 2.32. The first kappa shape index (κ1) is 14.3. The third kappa shape index (κ3) is 2.74. The van der Waals surface area contributed by atoms with Crippen molar-refractivity contribution in [2.75, 3.05) is 32.6 Å². The first-order valence-corrected chi connectivity index (χ1v) is 6.71. The fraction of sp³-hybridized carbons (Fsp3) is 0.500. The normalized spacial score (nSPS) is 17.9. The van der Waals surface area contributed by atoms with E-state index in [-0.39, 0.29) is 17.9 Å². The van der Waals surface area contributed by atoms with Crippen LogP contribution in [0.15, 0.2) is 18.2 Å². The zero-order valence-electron chi connectivity index (χ0n) is 12.1. The summed E-state index contributed by atoms with van der Waals surface area (Å²) in [4.78, 5) is 31.8. The monoisotopic (exact) mass is 276 g/mol. The summed E-state index contributed by atoms with van der Waals surface area (Å²) in [6.45, 7) is 0.786. The standard InChI is InChI=1S/C14H20N4O2/c1-15-13(19)10-6-4-8-12(16-10)18-9-5-7-11(18)14(20)17(2)3/h4,6,8,11H,5,7,9H2,1-3H3,(H,15,19). The molecule has 0 radical (unpaired) electrons. The molecular formula is C14H20N4O2. The average Bonchev–Trinajstić information content (AvgIpc) is 2.94. The minimum Gasteiger partial charge on any atom is -0.354 e. The van der Waals surface area contributed by atoms with E-state index in [2.05, 4.69) is 10.3 Å². The SMILES string of the molecule is CNC(=O)c1cccc(N2CCCC2C(=O)N(C)C)n1. The molecule has 0 saturated carbocycles. The highest BCUT2D eigenvalue weighted by Crippen LogP contribution is 2.25. The van der Waals surface area contributed by atoms with Crippen LogP contribution in [0.4, 0.5) is 5.82 Å². The molecule has 2 rings (SSSR count). The predicted molar refractivity (Wildman–Crippen MR) is 76.7 cm³/mol. The summed E-state index contributed by atoms with van der Waals surface area (Å²) in [5, 5.41) is 2.56. The van der Waals surface area contributed by atoms with Crippen molar-refractivity contribution in [1.82, 2.24) is 15.2 Å². The van der Waals surface area contributed by atoms with E-state index in [1.54, 1.807) is 38.2 Å². The molecular weight excluding hydrogens is 256 g/mol. The summed E-state index contributed by atoms with van der Waals surface area (Å²) in [6.07, 6.45) is 1.78. The van der Waals surface area contributed by atoms with Crippen molar-refractivity contribution >= 4 is 17.6 Å². The van der Waals surface area contributed by atoms with Gasteiger partial charge in [0.25, 0.3) is 5.91 Å². The largest absolute Gasteiger partial charge is 0.354 e. The summed E-state index contributed by atoms with van der Waals surface area (Å²) in [6, 6.07) is 5.12. The van der Waals surface area contributed by atoms with E-state index in [4.69, 9.17) is 0 Å². The fourth-order valence-electron chi connectivity index (χ4n) is 2.43. The topological polar surface area (TPSA) is 65.5 Å². The van der Waals surface area contributed by atoms with Gasteiger partial charge in [-0.1, -0.05) is 6.07 Å². The maximum Gasteiger partial charge on any atom is 0.269 e. The van der Waals surface area contributed by atoms with Gasteiger partial charge in [0, 0.05) is 27.7 Å². The van der Waals surface area contributed by atoms with Crippen molar-refractivity contribution < 1.29 is 9.59 Å². The Morgan fingerprint density at radius 3 is 2.80 bits per heavy atom. The molecule has 1 aromatic rings. The molecule has 2 amide bonds. The van der Waals surface area contributed by atoms with Crippen LogP contribution in [0, 0.1) is 0 Å². The van der Waals surface area contributed by atoms with Gasteiger partial charge in [0.1, 0.15) is 17.6 Å². The van der Waals surface area contributed by atoms with Crippen molar-refractivity contribution in [2.45, 2.75) is 18.9 Å². The van der Waals surface area contributed by atoms with E-state index < -0.39 is 0 Å². The van der Waals surface area contributed by atoms with E-state index in [9.17, 15) is 9.59 Å². The third-order valence-electron chi connectivity index (χ3n) is 3.47. The Morgan fingerprint density at radius 1 is 1.40 bits per heavy atom. The Labute approximate surface area is 118 Å². The van der Waals surface area contributed by atoms with Crippen molar-refractivity contribution in [3.63, 3.8) is 0 Å². The number of nitrogens with zero attached hydrogens (tertiary/aromatic N) is 3. The van der Waals surface area contributed by atoms with E-state index in [0.29, 0.717) is 11.5 Å². The van der Waals surface area contributed by atoms with Gasteiger partial charge >= 0.3 is 0 Å². The molecule has 1 N–H and O–H groups in total. The number of carbonyl (C=O) groups is 2. The summed E-state index contributed by atoms with van der Waals surface area (Å²) in [7, 11) is 5.09.